The zero-order chi connectivity index (χ0) is 13.5. The SMILES string of the molecule is O=C(NC(=S)NCCc1ccccc1)c1cccs1. The average molecular weight is 290 g/mol. The molecule has 0 bridgehead atoms. The van der Waals surface area contributed by atoms with Crippen molar-refractivity contribution in [3.05, 3.63) is 58.3 Å². The van der Waals surface area contributed by atoms with Crippen molar-refractivity contribution >= 4 is 34.6 Å². The lowest BCUT2D eigenvalue weighted by molar-refractivity contribution is 0.0980. The number of carbonyl (C=O) groups is 1. The highest BCUT2D eigenvalue weighted by atomic mass is 32.1. The Labute approximate surface area is 121 Å². The maximum Gasteiger partial charge on any atom is 0.267 e. The zero-order valence-electron chi connectivity index (χ0n) is 10.3. The maximum absolute atomic E-state index is 11.7. The molecule has 0 aliphatic heterocycles. The molecule has 0 fully saturated rings. The number of thiophene rings is 1. The van der Waals surface area contributed by atoms with E-state index in [2.05, 4.69) is 22.8 Å². The van der Waals surface area contributed by atoms with Gasteiger partial charge in [-0.1, -0.05) is 36.4 Å². The summed E-state index contributed by atoms with van der Waals surface area (Å²) in [5.41, 5.74) is 1.24. The van der Waals surface area contributed by atoms with Crippen LogP contribution in [0.1, 0.15) is 15.2 Å². The molecule has 0 saturated carbocycles. The third kappa shape index (κ3) is 4.46. The van der Waals surface area contributed by atoms with Gasteiger partial charge in [0.25, 0.3) is 5.91 Å². The molecule has 2 N–H and O–H groups in total. The summed E-state index contributed by atoms with van der Waals surface area (Å²) in [6.45, 7) is 0.702. The molecule has 5 heteroatoms. The smallest absolute Gasteiger partial charge is 0.267 e. The fourth-order valence-corrected chi connectivity index (χ4v) is 2.40. The third-order valence-corrected chi connectivity index (χ3v) is 3.63. The van der Waals surface area contributed by atoms with Crippen molar-refractivity contribution in [2.24, 2.45) is 0 Å². The number of thiocarbonyl (C=S) groups is 1. The molecular weight excluding hydrogens is 276 g/mol. The van der Waals surface area contributed by atoms with Crippen molar-refractivity contribution in [1.82, 2.24) is 10.6 Å². The number of benzene rings is 1. The average Bonchev–Trinajstić information content (AvgIpc) is 2.94. The van der Waals surface area contributed by atoms with Crippen molar-refractivity contribution < 1.29 is 4.79 Å². The van der Waals surface area contributed by atoms with E-state index in [1.807, 2.05) is 29.6 Å². The van der Waals surface area contributed by atoms with Crippen molar-refractivity contribution in [2.45, 2.75) is 6.42 Å². The molecule has 0 radical (unpaired) electrons. The molecule has 0 atom stereocenters. The van der Waals surface area contributed by atoms with Gasteiger partial charge in [0.05, 0.1) is 4.88 Å². The number of rotatable bonds is 4. The van der Waals surface area contributed by atoms with Gasteiger partial charge in [0.15, 0.2) is 5.11 Å². The highest BCUT2D eigenvalue weighted by Gasteiger charge is 2.07. The van der Waals surface area contributed by atoms with Crippen molar-refractivity contribution in [2.75, 3.05) is 6.54 Å². The van der Waals surface area contributed by atoms with Gasteiger partial charge in [-0.25, -0.2) is 0 Å². The normalized spacial score (nSPS) is 9.89. The Hall–Kier alpha value is -1.72. The second-order valence-corrected chi connectivity index (χ2v) is 5.28. The molecule has 1 aromatic heterocycles. The first-order chi connectivity index (χ1) is 9.25. The van der Waals surface area contributed by atoms with Crippen LogP contribution in [0.2, 0.25) is 0 Å². The number of nitrogens with one attached hydrogen (secondary N) is 2. The second-order valence-electron chi connectivity index (χ2n) is 3.92. The Balaban J connectivity index is 1.72. The molecule has 1 heterocycles. The third-order valence-electron chi connectivity index (χ3n) is 2.51. The lowest BCUT2D eigenvalue weighted by Gasteiger charge is -2.08. The number of hydrogen-bond acceptors (Lipinski definition) is 3. The maximum atomic E-state index is 11.7. The van der Waals surface area contributed by atoms with Crippen LogP contribution in [-0.4, -0.2) is 17.6 Å². The molecule has 0 aliphatic carbocycles. The Bertz CT molecular complexity index is 538. The van der Waals surface area contributed by atoms with Crippen LogP contribution in [0, 0.1) is 0 Å². The monoisotopic (exact) mass is 290 g/mol. The van der Waals surface area contributed by atoms with Crippen LogP contribution in [0.3, 0.4) is 0 Å². The summed E-state index contributed by atoms with van der Waals surface area (Å²) >= 11 is 6.48. The number of amides is 1. The minimum atomic E-state index is -0.160. The minimum absolute atomic E-state index is 0.160. The van der Waals surface area contributed by atoms with E-state index in [4.69, 9.17) is 12.2 Å². The van der Waals surface area contributed by atoms with Crippen molar-refractivity contribution in [3.63, 3.8) is 0 Å². The van der Waals surface area contributed by atoms with E-state index in [0.717, 1.165) is 6.42 Å². The van der Waals surface area contributed by atoms with Crippen LogP contribution in [0.15, 0.2) is 47.8 Å². The van der Waals surface area contributed by atoms with Crippen LogP contribution >= 0.6 is 23.6 Å². The topological polar surface area (TPSA) is 41.1 Å². The summed E-state index contributed by atoms with van der Waals surface area (Å²) in [6, 6.07) is 13.7. The number of hydrogen-bond donors (Lipinski definition) is 2. The molecular formula is C14H14N2OS2. The number of carbonyl (C=O) groups excluding carboxylic acids is 1. The second kappa shape index (κ2) is 7.01. The minimum Gasteiger partial charge on any atom is -0.362 e. The fourth-order valence-electron chi connectivity index (χ4n) is 1.58. The highest BCUT2D eigenvalue weighted by Crippen LogP contribution is 2.07. The van der Waals surface area contributed by atoms with Crippen LogP contribution in [-0.2, 0) is 6.42 Å². The van der Waals surface area contributed by atoms with Crippen LogP contribution < -0.4 is 10.6 Å². The Morgan fingerprint density at radius 1 is 1.16 bits per heavy atom. The van der Waals surface area contributed by atoms with Crippen LogP contribution in [0.5, 0.6) is 0 Å². The van der Waals surface area contributed by atoms with E-state index in [0.29, 0.717) is 16.5 Å². The molecule has 1 amide bonds. The summed E-state index contributed by atoms with van der Waals surface area (Å²) in [7, 11) is 0. The Morgan fingerprint density at radius 3 is 2.63 bits per heavy atom. The molecule has 0 aliphatic rings. The van der Waals surface area contributed by atoms with Crippen molar-refractivity contribution in [3.8, 4) is 0 Å². The summed E-state index contributed by atoms with van der Waals surface area (Å²) < 4.78 is 0. The molecule has 98 valence electrons. The van der Waals surface area contributed by atoms with Crippen LogP contribution in [0.4, 0.5) is 0 Å². The summed E-state index contributed by atoms with van der Waals surface area (Å²) in [4.78, 5) is 12.4. The highest BCUT2D eigenvalue weighted by molar-refractivity contribution is 7.80. The Morgan fingerprint density at radius 2 is 1.95 bits per heavy atom. The summed E-state index contributed by atoms with van der Waals surface area (Å²) in [6.07, 6.45) is 0.871. The zero-order valence-corrected chi connectivity index (χ0v) is 11.9. The molecule has 2 rings (SSSR count). The van der Waals surface area contributed by atoms with Crippen molar-refractivity contribution in [1.29, 1.82) is 0 Å². The van der Waals surface area contributed by atoms with E-state index in [-0.39, 0.29) is 5.91 Å². The van der Waals surface area contributed by atoms with Crippen LogP contribution in [0.25, 0.3) is 0 Å². The molecule has 0 spiro atoms. The quantitative estimate of drug-likeness (QED) is 0.851. The van der Waals surface area contributed by atoms with E-state index >= 15 is 0 Å². The van der Waals surface area contributed by atoms with Gasteiger partial charge in [0.2, 0.25) is 0 Å². The fraction of sp³-hybridized carbons (Fsp3) is 0.143. The molecule has 1 aromatic carbocycles. The summed E-state index contributed by atoms with van der Waals surface area (Å²) in [5.74, 6) is -0.160. The largest absolute Gasteiger partial charge is 0.362 e. The van der Waals surface area contributed by atoms with Gasteiger partial charge in [-0.3, -0.25) is 10.1 Å². The van der Waals surface area contributed by atoms with Gasteiger partial charge < -0.3 is 5.32 Å². The van der Waals surface area contributed by atoms with Gasteiger partial charge in [0, 0.05) is 6.54 Å². The van der Waals surface area contributed by atoms with Gasteiger partial charge in [-0.05, 0) is 35.6 Å². The first-order valence-corrected chi connectivity index (χ1v) is 7.21. The lowest BCUT2D eigenvalue weighted by atomic mass is 10.1. The summed E-state index contributed by atoms with van der Waals surface area (Å²) in [5, 5.41) is 7.92. The Kier molecular flexibility index (Phi) is 5.06. The molecule has 2 aromatic rings. The molecule has 0 unspecified atom stereocenters. The first kappa shape index (κ1) is 13.7. The van der Waals surface area contributed by atoms with Gasteiger partial charge >= 0.3 is 0 Å². The van der Waals surface area contributed by atoms with Gasteiger partial charge in [-0.15, -0.1) is 11.3 Å². The standard InChI is InChI=1S/C14H14N2OS2/c17-13(12-7-4-10-19-12)16-14(18)15-9-8-11-5-2-1-3-6-11/h1-7,10H,8-9H2,(H2,15,16,17,18). The van der Waals surface area contributed by atoms with E-state index < -0.39 is 0 Å². The molecule has 0 saturated heterocycles. The molecule has 19 heavy (non-hydrogen) atoms. The van der Waals surface area contributed by atoms with E-state index in [1.165, 1.54) is 16.9 Å². The molecule has 3 nitrogen and oxygen atoms in total. The van der Waals surface area contributed by atoms with Gasteiger partial charge in [-0.2, -0.15) is 0 Å². The lowest BCUT2D eigenvalue weighted by Crippen LogP contribution is -2.39. The van der Waals surface area contributed by atoms with E-state index in [9.17, 15) is 4.79 Å². The van der Waals surface area contributed by atoms with E-state index in [1.54, 1.807) is 6.07 Å². The first-order valence-electron chi connectivity index (χ1n) is 5.92. The predicted octanol–water partition coefficient (Wildman–Crippen LogP) is 2.60. The van der Waals surface area contributed by atoms with Gasteiger partial charge in [0.1, 0.15) is 0 Å². The predicted molar refractivity (Wildman–Crippen MR) is 82.5 cm³/mol.